The number of nitrogens with two attached hydrogens (primary N) is 1. The van der Waals surface area contributed by atoms with E-state index in [0.29, 0.717) is 5.82 Å². The molecule has 0 spiro atoms. The van der Waals surface area contributed by atoms with E-state index in [0.717, 1.165) is 23.8 Å². The van der Waals surface area contributed by atoms with Crippen LogP contribution in [0.2, 0.25) is 0 Å². The Bertz CT molecular complexity index is 601. The topological polar surface area (TPSA) is 79.1 Å². The standard InChI is InChI=1S/C15H22N6/c1-5-13-18-14(9-15(19-13)20-16)17-11-7-6-10(2)12(8-11)21(3)4/h6-9H,5,16H2,1-4H3,(H2,17,18,19,20). The molecule has 1 aromatic heterocycles. The summed E-state index contributed by atoms with van der Waals surface area (Å²) in [4.78, 5) is 10.8. The maximum absolute atomic E-state index is 5.44. The van der Waals surface area contributed by atoms with Crippen LogP contribution in [-0.4, -0.2) is 24.1 Å². The van der Waals surface area contributed by atoms with Crippen molar-refractivity contribution in [3.63, 3.8) is 0 Å². The van der Waals surface area contributed by atoms with E-state index < -0.39 is 0 Å². The fourth-order valence-corrected chi connectivity index (χ4v) is 2.11. The Labute approximate surface area is 125 Å². The van der Waals surface area contributed by atoms with E-state index in [1.807, 2.05) is 27.1 Å². The Balaban J connectivity index is 2.31. The summed E-state index contributed by atoms with van der Waals surface area (Å²) >= 11 is 0. The van der Waals surface area contributed by atoms with E-state index in [2.05, 4.69) is 44.7 Å². The fraction of sp³-hybridized carbons (Fsp3) is 0.333. The predicted molar refractivity (Wildman–Crippen MR) is 88.0 cm³/mol. The highest BCUT2D eigenvalue weighted by atomic mass is 15.3. The van der Waals surface area contributed by atoms with Crippen LogP contribution in [0.15, 0.2) is 24.3 Å². The number of benzene rings is 1. The second-order valence-electron chi connectivity index (χ2n) is 5.07. The van der Waals surface area contributed by atoms with Crippen molar-refractivity contribution in [3.8, 4) is 0 Å². The molecule has 0 aliphatic rings. The van der Waals surface area contributed by atoms with Crippen molar-refractivity contribution in [2.45, 2.75) is 20.3 Å². The number of hydrogen-bond acceptors (Lipinski definition) is 6. The summed E-state index contributed by atoms with van der Waals surface area (Å²) in [6.07, 6.45) is 0.751. The zero-order chi connectivity index (χ0) is 15.4. The van der Waals surface area contributed by atoms with Gasteiger partial charge >= 0.3 is 0 Å². The van der Waals surface area contributed by atoms with Gasteiger partial charge in [0.1, 0.15) is 17.5 Å². The van der Waals surface area contributed by atoms with Crippen LogP contribution in [0.25, 0.3) is 0 Å². The van der Waals surface area contributed by atoms with E-state index in [-0.39, 0.29) is 0 Å². The molecule has 0 aliphatic carbocycles. The molecule has 0 radical (unpaired) electrons. The molecule has 0 saturated heterocycles. The molecule has 1 heterocycles. The minimum atomic E-state index is 0.601. The SMILES string of the molecule is CCc1nc(NN)cc(Nc2ccc(C)c(N(C)C)c2)n1. The first-order valence-corrected chi connectivity index (χ1v) is 6.93. The first-order chi connectivity index (χ1) is 10.0. The zero-order valence-corrected chi connectivity index (χ0v) is 12.9. The van der Waals surface area contributed by atoms with Gasteiger partial charge in [-0.1, -0.05) is 13.0 Å². The maximum Gasteiger partial charge on any atom is 0.145 e. The van der Waals surface area contributed by atoms with Gasteiger partial charge in [-0.25, -0.2) is 15.8 Å². The van der Waals surface area contributed by atoms with E-state index in [4.69, 9.17) is 5.84 Å². The second kappa shape index (κ2) is 6.41. The van der Waals surface area contributed by atoms with Crippen molar-refractivity contribution in [1.82, 2.24) is 9.97 Å². The number of nitrogens with one attached hydrogen (secondary N) is 2. The number of nitrogen functional groups attached to an aromatic ring is 1. The van der Waals surface area contributed by atoms with Crippen LogP contribution >= 0.6 is 0 Å². The minimum absolute atomic E-state index is 0.601. The number of hydrogen-bond donors (Lipinski definition) is 3. The van der Waals surface area contributed by atoms with Crippen LogP contribution < -0.4 is 21.5 Å². The van der Waals surface area contributed by atoms with Crippen LogP contribution in [0.4, 0.5) is 23.0 Å². The number of hydrazine groups is 1. The Morgan fingerprint density at radius 2 is 1.86 bits per heavy atom. The molecule has 0 fully saturated rings. The molecule has 112 valence electrons. The number of rotatable bonds is 5. The fourth-order valence-electron chi connectivity index (χ4n) is 2.11. The quantitative estimate of drug-likeness (QED) is 0.579. The summed E-state index contributed by atoms with van der Waals surface area (Å²) < 4.78 is 0. The third kappa shape index (κ3) is 3.61. The van der Waals surface area contributed by atoms with Crippen molar-refractivity contribution in [2.75, 3.05) is 29.7 Å². The number of nitrogens with zero attached hydrogens (tertiary/aromatic N) is 3. The summed E-state index contributed by atoms with van der Waals surface area (Å²) in [5, 5.41) is 3.30. The minimum Gasteiger partial charge on any atom is -0.377 e. The second-order valence-corrected chi connectivity index (χ2v) is 5.07. The summed E-state index contributed by atoms with van der Waals surface area (Å²) in [6, 6.07) is 8.00. The number of aryl methyl sites for hydroxylation is 2. The average Bonchev–Trinajstić information content (AvgIpc) is 2.48. The maximum atomic E-state index is 5.44. The molecule has 0 saturated carbocycles. The van der Waals surface area contributed by atoms with Crippen molar-refractivity contribution < 1.29 is 0 Å². The van der Waals surface area contributed by atoms with Gasteiger partial charge in [-0.3, -0.25) is 0 Å². The van der Waals surface area contributed by atoms with Crippen LogP contribution in [-0.2, 0) is 6.42 Å². The largest absolute Gasteiger partial charge is 0.377 e. The van der Waals surface area contributed by atoms with Gasteiger partial charge in [0.05, 0.1) is 0 Å². The van der Waals surface area contributed by atoms with Gasteiger partial charge in [-0.05, 0) is 24.6 Å². The lowest BCUT2D eigenvalue weighted by molar-refractivity contribution is 0.941. The monoisotopic (exact) mass is 286 g/mol. The van der Waals surface area contributed by atoms with Crippen molar-refractivity contribution >= 4 is 23.0 Å². The lowest BCUT2D eigenvalue weighted by Crippen LogP contribution is -2.12. The Hall–Kier alpha value is -2.34. The van der Waals surface area contributed by atoms with Gasteiger partial charge < -0.3 is 15.6 Å². The van der Waals surface area contributed by atoms with Crippen molar-refractivity contribution in [1.29, 1.82) is 0 Å². The van der Waals surface area contributed by atoms with Crippen LogP contribution in [0.3, 0.4) is 0 Å². The summed E-state index contributed by atoms with van der Waals surface area (Å²) in [5.41, 5.74) is 5.94. The van der Waals surface area contributed by atoms with Crippen LogP contribution in [0.1, 0.15) is 18.3 Å². The van der Waals surface area contributed by atoms with Gasteiger partial charge in [0.25, 0.3) is 0 Å². The van der Waals surface area contributed by atoms with E-state index in [1.54, 1.807) is 6.07 Å². The van der Waals surface area contributed by atoms with Gasteiger partial charge in [-0.15, -0.1) is 0 Å². The Morgan fingerprint density at radius 3 is 2.48 bits per heavy atom. The van der Waals surface area contributed by atoms with E-state index in [9.17, 15) is 0 Å². The van der Waals surface area contributed by atoms with Gasteiger partial charge in [0.2, 0.25) is 0 Å². The summed E-state index contributed by atoms with van der Waals surface area (Å²) in [5.74, 6) is 7.51. The molecule has 0 atom stereocenters. The molecule has 0 amide bonds. The molecule has 6 nitrogen and oxygen atoms in total. The highest BCUT2D eigenvalue weighted by molar-refractivity contribution is 5.66. The van der Waals surface area contributed by atoms with Crippen molar-refractivity contribution in [3.05, 3.63) is 35.7 Å². The molecule has 0 aliphatic heterocycles. The zero-order valence-electron chi connectivity index (χ0n) is 12.9. The van der Waals surface area contributed by atoms with Gasteiger partial charge in [0.15, 0.2) is 0 Å². The molecular weight excluding hydrogens is 264 g/mol. The van der Waals surface area contributed by atoms with Gasteiger partial charge in [-0.2, -0.15) is 0 Å². The van der Waals surface area contributed by atoms with Crippen LogP contribution in [0.5, 0.6) is 0 Å². The highest BCUT2D eigenvalue weighted by Gasteiger charge is 2.06. The lowest BCUT2D eigenvalue weighted by atomic mass is 10.1. The summed E-state index contributed by atoms with van der Waals surface area (Å²) in [6.45, 7) is 4.10. The highest BCUT2D eigenvalue weighted by Crippen LogP contribution is 2.25. The Kier molecular flexibility index (Phi) is 4.59. The number of anilines is 4. The molecule has 21 heavy (non-hydrogen) atoms. The van der Waals surface area contributed by atoms with E-state index in [1.165, 1.54) is 11.3 Å². The molecule has 0 bridgehead atoms. The third-order valence-corrected chi connectivity index (χ3v) is 3.20. The molecule has 4 N–H and O–H groups in total. The first kappa shape index (κ1) is 15.1. The number of aromatic nitrogens is 2. The smallest absolute Gasteiger partial charge is 0.145 e. The third-order valence-electron chi connectivity index (χ3n) is 3.20. The molecule has 2 aromatic rings. The predicted octanol–water partition coefficient (Wildman–Crippen LogP) is 2.44. The lowest BCUT2D eigenvalue weighted by Gasteiger charge is -2.17. The van der Waals surface area contributed by atoms with Gasteiger partial charge in [0, 0.05) is 38.0 Å². The first-order valence-electron chi connectivity index (χ1n) is 6.93. The van der Waals surface area contributed by atoms with E-state index >= 15 is 0 Å². The molecule has 6 heteroatoms. The van der Waals surface area contributed by atoms with Crippen LogP contribution in [0, 0.1) is 6.92 Å². The van der Waals surface area contributed by atoms with Crippen molar-refractivity contribution in [2.24, 2.45) is 5.84 Å². The molecule has 0 unspecified atom stereocenters. The summed E-state index contributed by atoms with van der Waals surface area (Å²) in [7, 11) is 4.06. The average molecular weight is 286 g/mol. The Morgan fingerprint density at radius 1 is 1.14 bits per heavy atom. The normalized spacial score (nSPS) is 10.3. The molecular formula is C15H22N6. The molecule has 1 aromatic carbocycles. The molecule has 2 rings (SSSR count).